The third kappa shape index (κ3) is 4.06. The lowest BCUT2D eigenvalue weighted by molar-refractivity contribution is -0.395. The molecular weight excluding hydrogens is 295 g/mol. The average molecular weight is 322 g/mol. The summed E-state index contributed by atoms with van der Waals surface area (Å²) in [6.45, 7) is 2.22. The van der Waals surface area contributed by atoms with Gasteiger partial charge in [-0.05, 0) is 6.42 Å². The van der Waals surface area contributed by atoms with Gasteiger partial charge in [-0.3, -0.25) is 0 Å². The van der Waals surface area contributed by atoms with Crippen molar-refractivity contribution in [3.05, 3.63) is 0 Å². The molecule has 2 N–H and O–H groups in total. The first-order valence-electron chi connectivity index (χ1n) is 8.10. The Hall–Kier alpha value is 0.0300. The maximum atomic E-state index is 11.4. The fourth-order valence-electron chi connectivity index (χ4n) is 2.79. The van der Waals surface area contributed by atoms with Crippen LogP contribution in [-0.4, -0.2) is 22.0 Å². The van der Waals surface area contributed by atoms with Crippen molar-refractivity contribution in [3.63, 3.8) is 0 Å². The number of phosphoric acid groups is 1. The molecule has 0 aromatic rings. The molecule has 0 aromatic carbocycles. The van der Waals surface area contributed by atoms with Crippen molar-refractivity contribution < 1.29 is 28.3 Å². The highest BCUT2D eigenvalue weighted by Gasteiger charge is 2.79. The van der Waals surface area contributed by atoms with Gasteiger partial charge >= 0.3 is 13.8 Å². The molecule has 3 fully saturated rings. The first-order valence-corrected chi connectivity index (χ1v) is 9.56. The van der Waals surface area contributed by atoms with Crippen LogP contribution in [0.25, 0.3) is 0 Å². The lowest BCUT2D eigenvalue weighted by atomic mass is 10.0. The second-order valence-electron chi connectivity index (χ2n) is 6.02. The number of fused-ring (bicyclic) bond motifs is 1. The van der Waals surface area contributed by atoms with Gasteiger partial charge in [0, 0.05) is 6.42 Å². The first kappa shape index (κ1) is 17.4. The van der Waals surface area contributed by atoms with Crippen molar-refractivity contribution in [2.24, 2.45) is 0 Å². The van der Waals surface area contributed by atoms with E-state index < -0.39 is 19.6 Å². The van der Waals surface area contributed by atoms with Gasteiger partial charge in [-0.25, -0.2) is 18.1 Å². The molecule has 124 valence electrons. The molecule has 0 saturated carbocycles. The van der Waals surface area contributed by atoms with Crippen LogP contribution >= 0.6 is 7.82 Å². The fourth-order valence-corrected chi connectivity index (χ4v) is 4.34. The van der Waals surface area contributed by atoms with Crippen molar-refractivity contribution in [1.82, 2.24) is 0 Å². The van der Waals surface area contributed by atoms with Crippen molar-refractivity contribution in [3.8, 4) is 0 Å². The Kier molecular flexibility index (Phi) is 5.85. The summed E-state index contributed by atoms with van der Waals surface area (Å²) in [6.07, 6.45) is 11.8. The van der Waals surface area contributed by atoms with Crippen molar-refractivity contribution in [1.29, 1.82) is 0 Å². The minimum Gasteiger partial charge on any atom is -0.359 e. The molecule has 1 atom stereocenters. The first-order chi connectivity index (χ1) is 9.93. The van der Waals surface area contributed by atoms with E-state index in [2.05, 4.69) is 16.0 Å². The maximum Gasteiger partial charge on any atom is 0.486 e. The zero-order valence-electron chi connectivity index (χ0n) is 12.8. The van der Waals surface area contributed by atoms with Crippen molar-refractivity contribution in [2.45, 2.75) is 89.3 Å². The van der Waals surface area contributed by atoms with Crippen molar-refractivity contribution in [2.75, 3.05) is 0 Å². The van der Waals surface area contributed by atoms with Crippen molar-refractivity contribution >= 4 is 7.82 Å². The number of aliphatic hydroxyl groups is 2. The van der Waals surface area contributed by atoms with Crippen LogP contribution in [0.3, 0.4) is 0 Å². The van der Waals surface area contributed by atoms with E-state index in [9.17, 15) is 14.8 Å². The van der Waals surface area contributed by atoms with E-state index in [-0.39, 0.29) is 6.42 Å². The summed E-state index contributed by atoms with van der Waals surface area (Å²) in [5.74, 6) is -4.22. The largest absolute Gasteiger partial charge is 0.486 e. The third-order valence-corrected chi connectivity index (χ3v) is 5.56. The smallest absolute Gasteiger partial charge is 0.359 e. The van der Waals surface area contributed by atoms with Gasteiger partial charge in [-0.2, -0.15) is 0 Å². The Morgan fingerprint density at radius 2 is 1.29 bits per heavy atom. The molecule has 0 radical (unpaired) electrons. The molecule has 3 rings (SSSR count). The molecule has 1 unspecified atom stereocenters. The number of unbranched alkanes of at least 4 members (excludes halogenated alkanes) is 9. The van der Waals surface area contributed by atoms with E-state index in [1.54, 1.807) is 0 Å². The highest BCUT2D eigenvalue weighted by atomic mass is 31.2. The molecule has 6 nitrogen and oxygen atoms in total. The van der Waals surface area contributed by atoms with Crippen LogP contribution in [0.4, 0.5) is 0 Å². The number of hydrogen-bond donors (Lipinski definition) is 2. The third-order valence-electron chi connectivity index (χ3n) is 4.10. The second kappa shape index (κ2) is 7.07. The summed E-state index contributed by atoms with van der Waals surface area (Å²) < 4.78 is 25.4. The highest BCUT2D eigenvalue weighted by molar-refractivity contribution is 7.50. The van der Waals surface area contributed by atoms with Gasteiger partial charge in [0.15, 0.2) is 0 Å². The molecule has 7 heteroatoms. The zero-order valence-corrected chi connectivity index (χ0v) is 13.6. The predicted molar refractivity (Wildman–Crippen MR) is 77.2 cm³/mol. The zero-order chi connectivity index (χ0) is 15.4. The van der Waals surface area contributed by atoms with E-state index in [4.69, 9.17) is 4.52 Å². The molecule has 3 aliphatic heterocycles. The lowest BCUT2D eigenvalue weighted by Gasteiger charge is -2.33. The SMILES string of the molecule is CCCCCCCCCCCCC1(O)OP2(=O)OC1(O)O2. The average Bonchev–Trinajstić information content (AvgIpc) is 2.70. The maximum absolute atomic E-state index is 11.4. The van der Waals surface area contributed by atoms with Gasteiger partial charge in [0.1, 0.15) is 0 Å². The molecule has 3 aliphatic rings. The Balaban J connectivity index is 1.48. The van der Waals surface area contributed by atoms with Gasteiger partial charge in [0.25, 0.3) is 5.79 Å². The van der Waals surface area contributed by atoms with E-state index >= 15 is 0 Å². The molecule has 0 aromatic heterocycles. The standard InChI is InChI=1S/C14H27O6P/c1-2-3-4-5-6-7-8-9-10-11-12-13(15)14(16)19-21(17,18-13)20-14/h15-16H,2-12H2,1H3. The Morgan fingerprint density at radius 3 is 1.71 bits per heavy atom. The summed E-state index contributed by atoms with van der Waals surface area (Å²) in [6, 6.07) is 0. The van der Waals surface area contributed by atoms with E-state index in [0.29, 0.717) is 6.42 Å². The van der Waals surface area contributed by atoms with Gasteiger partial charge in [0.05, 0.1) is 0 Å². The van der Waals surface area contributed by atoms with Gasteiger partial charge < -0.3 is 10.2 Å². The topological polar surface area (TPSA) is 85.2 Å². The van der Waals surface area contributed by atoms with Crippen LogP contribution in [-0.2, 0) is 18.1 Å². The molecular formula is C14H27O6P. The predicted octanol–water partition coefficient (Wildman–Crippen LogP) is 3.82. The minimum atomic E-state index is -3.67. The molecule has 0 spiro atoms. The summed E-state index contributed by atoms with van der Waals surface area (Å²) >= 11 is 0. The quantitative estimate of drug-likeness (QED) is 0.444. The van der Waals surface area contributed by atoms with E-state index in [1.165, 1.54) is 44.9 Å². The monoisotopic (exact) mass is 322 g/mol. The summed E-state index contributed by atoms with van der Waals surface area (Å²) in [5.41, 5.74) is 0. The van der Waals surface area contributed by atoms with Gasteiger partial charge in [-0.15, -0.1) is 0 Å². The van der Waals surface area contributed by atoms with Crippen LogP contribution in [0.5, 0.6) is 0 Å². The van der Waals surface area contributed by atoms with Crippen LogP contribution < -0.4 is 0 Å². The van der Waals surface area contributed by atoms with E-state index in [0.717, 1.165) is 12.8 Å². The van der Waals surface area contributed by atoms with Crippen LogP contribution in [0.2, 0.25) is 0 Å². The normalized spacial score (nSPS) is 37.7. The molecule has 0 amide bonds. The van der Waals surface area contributed by atoms with Gasteiger partial charge in [0.2, 0.25) is 0 Å². The molecule has 0 aliphatic carbocycles. The Labute approximate surface area is 126 Å². The second-order valence-corrected chi connectivity index (χ2v) is 7.46. The summed E-state index contributed by atoms with van der Waals surface area (Å²) in [4.78, 5) is 0. The van der Waals surface area contributed by atoms with Crippen LogP contribution in [0.15, 0.2) is 0 Å². The fraction of sp³-hybridized carbons (Fsp3) is 1.00. The number of phosphoric ester groups is 1. The summed E-state index contributed by atoms with van der Waals surface area (Å²) in [7, 11) is -3.67. The van der Waals surface area contributed by atoms with Crippen LogP contribution in [0, 0.1) is 0 Å². The number of hydrogen-bond acceptors (Lipinski definition) is 6. The molecule has 3 heterocycles. The minimum absolute atomic E-state index is 0.157. The highest BCUT2D eigenvalue weighted by Crippen LogP contribution is 2.76. The Morgan fingerprint density at radius 1 is 0.810 bits per heavy atom. The summed E-state index contributed by atoms with van der Waals surface area (Å²) in [5, 5.41) is 19.8. The molecule has 21 heavy (non-hydrogen) atoms. The Bertz CT molecular complexity index is 378. The van der Waals surface area contributed by atoms with Gasteiger partial charge in [-0.1, -0.05) is 64.7 Å². The van der Waals surface area contributed by atoms with Crippen LogP contribution in [0.1, 0.15) is 77.6 Å². The lowest BCUT2D eigenvalue weighted by Crippen LogP contribution is -2.53. The van der Waals surface area contributed by atoms with E-state index in [1.807, 2.05) is 0 Å². The number of rotatable bonds is 11. The molecule has 2 bridgehead atoms. The molecule has 3 saturated heterocycles.